The van der Waals surface area contributed by atoms with E-state index in [-0.39, 0.29) is 0 Å². The second kappa shape index (κ2) is 7.79. The Kier molecular flexibility index (Phi) is 4.88. The van der Waals surface area contributed by atoms with Crippen molar-refractivity contribution in [3.05, 3.63) is 90.6 Å². The van der Waals surface area contributed by atoms with E-state index in [0.29, 0.717) is 18.1 Å². The van der Waals surface area contributed by atoms with Crippen molar-refractivity contribution in [3.8, 4) is 34.1 Å². The Labute approximate surface area is 158 Å². The SMILES string of the molecule is COc1cc(-c2cnc(-c3ccccc3)[nH]2)ccc1OCc1ccccc1. The van der Waals surface area contributed by atoms with Gasteiger partial charge in [-0.25, -0.2) is 4.98 Å². The number of hydrogen-bond acceptors (Lipinski definition) is 3. The third-order valence-electron chi connectivity index (χ3n) is 4.33. The van der Waals surface area contributed by atoms with E-state index in [1.807, 2.05) is 85.1 Å². The highest BCUT2D eigenvalue weighted by Crippen LogP contribution is 2.33. The second-order valence-corrected chi connectivity index (χ2v) is 6.15. The lowest BCUT2D eigenvalue weighted by Crippen LogP contribution is -1.97. The number of ether oxygens (including phenoxy) is 2. The maximum absolute atomic E-state index is 5.93. The number of nitrogens with zero attached hydrogens (tertiary/aromatic N) is 1. The minimum Gasteiger partial charge on any atom is -0.493 e. The van der Waals surface area contributed by atoms with Gasteiger partial charge < -0.3 is 14.5 Å². The van der Waals surface area contributed by atoms with Crippen LogP contribution in [0.15, 0.2) is 85.1 Å². The molecular formula is C23H20N2O2. The molecule has 0 atom stereocenters. The summed E-state index contributed by atoms with van der Waals surface area (Å²) in [5.41, 5.74) is 4.10. The number of imidazole rings is 1. The zero-order valence-corrected chi connectivity index (χ0v) is 15.1. The zero-order valence-electron chi connectivity index (χ0n) is 15.1. The summed E-state index contributed by atoms with van der Waals surface area (Å²) in [5, 5.41) is 0. The summed E-state index contributed by atoms with van der Waals surface area (Å²) < 4.78 is 11.5. The lowest BCUT2D eigenvalue weighted by molar-refractivity contribution is 0.284. The molecule has 0 aliphatic rings. The van der Waals surface area contributed by atoms with E-state index < -0.39 is 0 Å². The first-order chi connectivity index (χ1) is 13.3. The first-order valence-corrected chi connectivity index (χ1v) is 8.79. The Bertz CT molecular complexity index is 1010. The van der Waals surface area contributed by atoms with Gasteiger partial charge in [-0.15, -0.1) is 0 Å². The summed E-state index contributed by atoms with van der Waals surface area (Å²) in [5.74, 6) is 2.25. The molecule has 0 saturated carbocycles. The molecule has 1 aromatic heterocycles. The van der Waals surface area contributed by atoms with Crippen LogP contribution in [-0.4, -0.2) is 17.1 Å². The van der Waals surface area contributed by atoms with E-state index in [1.165, 1.54) is 0 Å². The van der Waals surface area contributed by atoms with Gasteiger partial charge >= 0.3 is 0 Å². The Morgan fingerprint density at radius 3 is 2.30 bits per heavy atom. The Morgan fingerprint density at radius 1 is 0.815 bits per heavy atom. The first-order valence-electron chi connectivity index (χ1n) is 8.79. The first kappa shape index (κ1) is 16.9. The summed E-state index contributed by atoms with van der Waals surface area (Å²) in [6.07, 6.45) is 1.83. The van der Waals surface area contributed by atoms with Crippen molar-refractivity contribution in [2.45, 2.75) is 6.61 Å². The van der Waals surface area contributed by atoms with Crippen LogP contribution < -0.4 is 9.47 Å². The van der Waals surface area contributed by atoms with Gasteiger partial charge in [0, 0.05) is 11.1 Å². The van der Waals surface area contributed by atoms with E-state index in [1.54, 1.807) is 7.11 Å². The van der Waals surface area contributed by atoms with E-state index in [4.69, 9.17) is 9.47 Å². The third-order valence-corrected chi connectivity index (χ3v) is 4.33. The largest absolute Gasteiger partial charge is 0.493 e. The number of nitrogens with one attached hydrogen (secondary N) is 1. The monoisotopic (exact) mass is 356 g/mol. The van der Waals surface area contributed by atoms with Crippen molar-refractivity contribution < 1.29 is 9.47 Å². The number of methoxy groups -OCH3 is 1. The molecule has 134 valence electrons. The van der Waals surface area contributed by atoms with Gasteiger partial charge in [-0.05, 0) is 23.8 Å². The molecule has 4 rings (SSSR count). The van der Waals surface area contributed by atoms with E-state index >= 15 is 0 Å². The molecule has 3 aromatic carbocycles. The number of hydrogen-bond donors (Lipinski definition) is 1. The summed E-state index contributed by atoms with van der Waals surface area (Å²) in [7, 11) is 1.65. The molecule has 0 aliphatic carbocycles. The van der Waals surface area contributed by atoms with Crippen LogP contribution in [0.5, 0.6) is 11.5 Å². The molecule has 1 heterocycles. The number of benzene rings is 3. The Hall–Kier alpha value is -3.53. The molecule has 0 radical (unpaired) electrons. The molecule has 4 nitrogen and oxygen atoms in total. The molecule has 0 saturated heterocycles. The van der Waals surface area contributed by atoms with Crippen LogP contribution in [-0.2, 0) is 6.61 Å². The molecular weight excluding hydrogens is 336 g/mol. The number of rotatable bonds is 6. The minimum atomic E-state index is 0.499. The molecule has 0 bridgehead atoms. The molecule has 0 spiro atoms. The minimum absolute atomic E-state index is 0.499. The fourth-order valence-electron chi connectivity index (χ4n) is 2.90. The average Bonchev–Trinajstić information content (AvgIpc) is 3.24. The van der Waals surface area contributed by atoms with E-state index in [9.17, 15) is 0 Å². The predicted molar refractivity (Wildman–Crippen MR) is 107 cm³/mol. The molecule has 1 N–H and O–H groups in total. The van der Waals surface area contributed by atoms with Gasteiger partial charge in [-0.1, -0.05) is 60.7 Å². The van der Waals surface area contributed by atoms with Gasteiger partial charge in [0.2, 0.25) is 0 Å². The van der Waals surface area contributed by atoms with Crippen molar-refractivity contribution in [1.29, 1.82) is 0 Å². The van der Waals surface area contributed by atoms with Crippen LogP contribution in [0.2, 0.25) is 0 Å². The smallest absolute Gasteiger partial charge is 0.161 e. The molecule has 0 unspecified atom stereocenters. The highest BCUT2D eigenvalue weighted by Gasteiger charge is 2.10. The molecule has 0 aliphatic heterocycles. The maximum atomic E-state index is 5.93. The number of H-pyrrole nitrogens is 1. The van der Waals surface area contributed by atoms with Gasteiger partial charge in [0.15, 0.2) is 11.5 Å². The average molecular weight is 356 g/mol. The van der Waals surface area contributed by atoms with Gasteiger partial charge in [0.05, 0.1) is 19.0 Å². The highest BCUT2D eigenvalue weighted by molar-refractivity contribution is 5.67. The quantitative estimate of drug-likeness (QED) is 0.508. The predicted octanol–water partition coefficient (Wildman–Crippen LogP) is 5.33. The van der Waals surface area contributed by atoms with Crippen LogP contribution >= 0.6 is 0 Å². The van der Waals surface area contributed by atoms with Crippen LogP contribution in [0.1, 0.15) is 5.56 Å². The van der Waals surface area contributed by atoms with Crippen LogP contribution in [0.25, 0.3) is 22.6 Å². The molecule has 0 fully saturated rings. The number of aromatic amines is 1. The Balaban J connectivity index is 1.55. The van der Waals surface area contributed by atoms with E-state index in [0.717, 1.165) is 28.2 Å². The van der Waals surface area contributed by atoms with Crippen molar-refractivity contribution in [1.82, 2.24) is 9.97 Å². The van der Waals surface area contributed by atoms with Gasteiger partial charge in [-0.2, -0.15) is 0 Å². The maximum Gasteiger partial charge on any atom is 0.161 e. The summed E-state index contributed by atoms with van der Waals surface area (Å²) in [6, 6.07) is 26.0. The lowest BCUT2D eigenvalue weighted by atomic mass is 10.1. The summed E-state index contributed by atoms with van der Waals surface area (Å²) in [6.45, 7) is 0.499. The van der Waals surface area contributed by atoms with Crippen molar-refractivity contribution in [3.63, 3.8) is 0 Å². The van der Waals surface area contributed by atoms with Crippen LogP contribution in [0.3, 0.4) is 0 Å². The fourth-order valence-corrected chi connectivity index (χ4v) is 2.90. The van der Waals surface area contributed by atoms with Gasteiger partial charge in [-0.3, -0.25) is 0 Å². The zero-order chi connectivity index (χ0) is 18.5. The molecule has 4 heteroatoms. The third kappa shape index (κ3) is 3.85. The highest BCUT2D eigenvalue weighted by atomic mass is 16.5. The summed E-state index contributed by atoms with van der Waals surface area (Å²) >= 11 is 0. The van der Waals surface area contributed by atoms with Crippen molar-refractivity contribution >= 4 is 0 Å². The Morgan fingerprint density at radius 2 is 1.56 bits per heavy atom. The van der Waals surface area contributed by atoms with Crippen LogP contribution in [0, 0.1) is 0 Å². The summed E-state index contributed by atoms with van der Waals surface area (Å²) in [4.78, 5) is 7.86. The van der Waals surface area contributed by atoms with Crippen LogP contribution in [0.4, 0.5) is 0 Å². The molecule has 27 heavy (non-hydrogen) atoms. The topological polar surface area (TPSA) is 47.1 Å². The van der Waals surface area contributed by atoms with Gasteiger partial charge in [0.25, 0.3) is 0 Å². The normalized spacial score (nSPS) is 10.6. The van der Waals surface area contributed by atoms with E-state index in [2.05, 4.69) is 9.97 Å². The lowest BCUT2D eigenvalue weighted by Gasteiger charge is -2.12. The van der Waals surface area contributed by atoms with Gasteiger partial charge in [0.1, 0.15) is 12.4 Å². The second-order valence-electron chi connectivity index (χ2n) is 6.15. The molecule has 4 aromatic rings. The van der Waals surface area contributed by atoms with Crippen molar-refractivity contribution in [2.24, 2.45) is 0 Å². The van der Waals surface area contributed by atoms with Crippen molar-refractivity contribution in [2.75, 3.05) is 7.11 Å². The standard InChI is InChI=1S/C23H20N2O2/c1-26-22-14-19(12-13-21(22)27-16-17-8-4-2-5-9-17)20-15-24-23(25-20)18-10-6-3-7-11-18/h2-15H,16H2,1H3,(H,24,25). The molecule has 0 amide bonds. The number of aromatic nitrogens is 2. The fraction of sp³-hybridized carbons (Fsp3) is 0.0870.